The van der Waals surface area contributed by atoms with Crippen LogP contribution < -0.4 is 10.1 Å². The van der Waals surface area contributed by atoms with E-state index in [1.165, 1.54) is 7.11 Å². The van der Waals surface area contributed by atoms with Gasteiger partial charge in [0, 0.05) is 0 Å². The van der Waals surface area contributed by atoms with Crippen LogP contribution in [0.15, 0.2) is 18.2 Å². The molecule has 0 bridgehead atoms. The normalized spacial score (nSPS) is 11.8. The molecule has 4 nitrogen and oxygen atoms in total. The average Bonchev–Trinajstić information content (AvgIpc) is 2.28. The lowest BCUT2D eigenvalue weighted by Gasteiger charge is -2.16. The highest BCUT2D eigenvalue weighted by Gasteiger charge is 2.14. The Morgan fingerprint density at radius 1 is 1.38 bits per heavy atom. The lowest BCUT2D eigenvalue weighted by molar-refractivity contribution is -0.141. The predicted molar refractivity (Wildman–Crippen MR) is 62.8 cm³/mol. The predicted octanol–water partition coefficient (Wildman–Crippen LogP) is 1.98. The molecule has 1 aromatic rings. The zero-order valence-corrected chi connectivity index (χ0v) is 10.0. The Labute approximate surface area is 95.6 Å². The molecular weight excluding hydrogens is 206 g/mol. The Morgan fingerprint density at radius 2 is 2.06 bits per heavy atom. The molecule has 0 fully saturated rings. The number of nitrogens with one attached hydrogen (secondary N) is 1. The third kappa shape index (κ3) is 2.89. The number of benzene rings is 1. The van der Waals surface area contributed by atoms with Gasteiger partial charge in [-0.2, -0.15) is 0 Å². The van der Waals surface area contributed by atoms with Crippen molar-refractivity contribution in [3.63, 3.8) is 0 Å². The van der Waals surface area contributed by atoms with Crippen LogP contribution >= 0.6 is 0 Å². The molecule has 0 radical (unpaired) electrons. The molecule has 0 aliphatic carbocycles. The Bertz CT molecular complexity index is 377. The maximum Gasteiger partial charge on any atom is 0.327 e. The molecule has 0 spiro atoms. The van der Waals surface area contributed by atoms with E-state index in [1.807, 2.05) is 25.1 Å². The number of hydrogen-bond acceptors (Lipinski definition) is 4. The zero-order chi connectivity index (χ0) is 12.1. The van der Waals surface area contributed by atoms with Crippen molar-refractivity contribution in [3.8, 4) is 5.75 Å². The summed E-state index contributed by atoms with van der Waals surface area (Å²) in [6, 6.07) is 5.34. The average molecular weight is 223 g/mol. The van der Waals surface area contributed by atoms with E-state index in [9.17, 15) is 4.79 Å². The number of anilines is 1. The lowest BCUT2D eigenvalue weighted by atomic mass is 10.2. The molecular formula is C12H17NO3. The minimum Gasteiger partial charge on any atom is -0.495 e. The van der Waals surface area contributed by atoms with E-state index in [2.05, 4.69) is 10.1 Å². The number of hydrogen-bond donors (Lipinski definition) is 1. The summed E-state index contributed by atoms with van der Waals surface area (Å²) in [6.07, 6.45) is 0. The molecule has 1 rings (SSSR count). The van der Waals surface area contributed by atoms with Crippen LogP contribution in [-0.4, -0.2) is 26.2 Å². The van der Waals surface area contributed by atoms with Crippen LogP contribution in [0, 0.1) is 6.92 Å². The second kappa shape index (κ2) is 5.39. The van der Waals surface area contributed by atoms with Crippen molar-refractivity contribution < 1.29 is 14.3 Å². The van der Waals surface area contributed by atoms with Crippen molar-refractivity contribution in [3.05, 3.63) is 23.8 Å². The van der Waals surface area contributed by atoms with Gasteiger partial charge in [-0.05, 0) is 31.5 Å². The molecule has 4 heteroatoms. The summed E-state index contributed by atoms with van der Waals surface area (Å²) in [4.78, 5) is 11.3. The van der Waals surface area contributed by atoms with Gasteiger partial charge in [0.15, 0.2) is 0 Å². The Kier molecular flexibility index (Phi) is 4.17. The van der Waals surface area contributed by atoms with E-state index in [4.69, 9.17) is 4.74 Å². The number of esters is 1. The summed E-state index contributed by atoms with van der Waals surface area (Å²) in [7, 11) is 2.96. The van der Waals surface area contributed by atoms with E-state index < -0.39 is 6.04 Å². The molecule has 0 aromatic heterocycles. The fourth-order valence-electron chi connectivity index (χ4n) is 1.40. The van der Waals surface area contributed by atoms with Gasteiger partial charge in [0.05, 0.1) is 19.9 Å². The van der Waals surface area contributed by atoms with Gasteiger partial charge in [0.25, 0.3) is 0 Å². The second-order valence-electron chi connectivity index (χ2n) is 3.59. The molecule has 0 aliphatic rings. The Morgan fingerprint density at radius 3 is 2.62 bits per heavy atom. The Balaban J connectivity index is 2.86. The molecule has 0 heterocycles. The van der Waals surface area contributed by atoms with Crippen LogP contribution in [0.25, 0.3) is 0 Å². The van der Waals surface area contributed by atoms with Crippen LogP contribution in [0.2, 0.25) is 0 Å². The topological polar surface area (TPSA) is 47.6 Å². The highest BCUT2D eigenvalue weighted by molar-refractivity contribution is 5.79. The highest BCUT2D eigenvalue weighted by atomic mass is 16.5. The van der Waals surface area contributed by atoms with E-state index in [0.29, 0.717) is 5.75 Å². The van der Waals surface area contributed by atoms with Crippen LogP contribution in [0.3, 0.4) is 0 Å². The maximum atomic E-state index is 11.3. The molecule has 16 heavy (non-hydrogen) atoms. The first kappa shape index (κ1) is 12.4. The summed E-state index contributed by atoms with van der Waals surface area (Å²) in [5.74, 6) is 0.407. The number of aryl methyl sites for hydroxylation is 1. The lowest BCUT2D eigenvalue weighted by Crippen LogP contribution is -2.27. The zero-order valence-electron chi connectivity index (χ0n) is 10.0. The van der Waals surface area contributed by atoms with Gasteiger partial charge in [-0.3, -0.25) is 0 Å². The maximum absolute atomic E-state index is 11.3. The molecule has 88 valence electrons. The first-order valence-corrected chi connectivity index (χ1v) is 5.07. The molecule has 1 aromatic carbocycles. The third-order valence-electron chi connectivity index (χ3n) is 2.28. The largest absolute Gasteiger partial charge is 0.495 e. The van der Waals surface area contributed by atoms with Gasteiger partial charge < -0.3 is 14.8 Å². The molecule has 0 saturated carbocycles. The monoisotopic (exact) mass is 223 g/mol. The van der Waals surface area contributed by atoms with Crippen molar-refractivity contribution >= 4 is 11.7 Å². The van der Waals surface area contributed by atoms with E-state index in [0.717, 1.165) is 11.3 Å². The van der Waals surface area contributed by atoms with Crippen molar-refractivity contribution in [1.29, 1.82) is 0 Å². The summed E-state index contributed by atoms with van der Waals surface area (Å²) < 4.78 is 9.85. The summed E-state index contributed by atoms with van der Waals surface area (Å²) in [5.41, 5.74) is 1.89. The Hall–Kier alpha value is -1.71. The van der Waals surface area contributed by atoms with Crippen molar-refractivity contribution in [1.82, 2.24) is 0 Å². The molecule has 1 N–H and O–H groups in total. The molecule has 0 amide bonds. The number of rotatable bonds is 4. The highest BCUT2D eigenvalue weighted by Crippen LogP contribution is 2.25. The standard InChI is InChI=1S/C12H17NO3/c1-8-5-6-11(15-3)10(7-8)13-9(2)12(14)16-4/h5-7,9,13H,1-4H3/t9-/m1/s1. The smallest absolute Gasteiger partial charge is 0.327 e. The second-order valence-corrected chi connectivity index (χ2v) is 3.59. The van der Waals surface area contributed by atoms with Gasteiger partial charge in [0.1, 0.15) is 11.8 Å². The van der Waals surface area contributed by atoms with Gasteiger partial charge in [0.2, 0.25) is 0 Å². The minimum absolute atomic E-state index is 0.302. The minimum atomic E-state index is -0.402. The van der Waals surface area contributed by atoms with Crippen molar-refractivity contribution in [2.45, 2.75) is 19.9 Å². The summed E-state index contributed by atoms with van der Waals surface area (Å²) in [5, 5.41) is 3.05. The number of ether oxygens (including phenoxy) is 2. The molecule has 0 aliphatic heterocycles. The quantitative estimate of drug-likeness (QED) is 0.793. The molecule has 0 saturated heterocycles. The van der Waals surface area contributed by atoms with E-state index in [-0.39, 0.29) is 5.97 Å². The van der Waals surface area contributed by atoms with Gasteiger partial charge in [-0.1, -0.05) is 6.07 Å². The van der Waals surface area contributed by atoms with Gasteiger partial charge in [-0.25, -0.2) is 4.79 Å². The first-order chi connectivity index (χ1) is 7.58. The van der Waals surface area contributed by atoms with Gasteiger partial charge >= 0.3 is 5.97 Å². The first-order valence-electron chi connectivity index (χ1n) is 5.07. The van der Waals surface area contributed by atoms with Crippen LogP contribution in [0.5, 0.6) is 5.75 Å². The van der Waals surface area contributed by atoms with Crippen molar-refractivity contribution in [2.75, 3.05) is 19.5 Å². The van der Waals surface area contributed by atoms with Crippen LogP contribution in [0.1, 0.15) is 12.5 Å². The van der Waals surface area contributed by atoms with Crippen LogP contribution in [0.4, 0.5) is 5.69 Å². The summed E-state index contributed by atoms with van der Waals surface area (Å²) >= 11 is 0. The van der Waals surface area contributed by atoms with E-state index in [1.54, 1.807) is 14.0 Å². The van der Waals surface area contributed by atoms with Crippen LogP contribution in [-0.2, 0) is 9.53 Å². The fraction of sp³-hybridized carbons (Fsp3) is 0.417. The number of methoxy groups -OCH3 is 2. The third-order valence-corrected chi connectivity index (χ3v) is 2.28. The molecule has 1 atom stereocenters. The van der Waals surface area contributed by atoms with Gasteiger partial charge in [-0.15, -0.1) is 0 Å². The molecule has 0 unspecified atom stereocenters. The SMILES string of the molecule is COC(=O)[C@@H](C)Nc1cc(C)ccc1OC. The van der Waals surface area contributed by atoms with Crippen molar-refractivity contribution in [2.24, 2.45) is 0 Å². The fourth-order valence-corrected chi connectivity index (χ4v) is 1.40. The summed E-state index contributed by atoms with van der Waals surface area (Å²) in [6.45, 7) is 3.72. The number of carbonyl (C=O) groups excluding carboxylic acids is 1. The number of carbonyl (C=O) groups is 1. The van der Waals surface area contributed by atoms with E-state index >= 15 is 0 Å².